The molecule has 0 fully saturated rings. The number of methoxy groups -OCH3 is 1. The first kappa shape index (κ1) is 17.4. The highest BCUT2D eigenvalue weighted by atomic mass is 35.5. The maximum absolute atomic E-state index is 13.3. The summed E-state index contributed by atoms with van der Waals surface area (Å²) in [5, 5.41) is 1.61. The van der Waals surface area contributed by atoms with Crippen LogP contribution >= 0.6 is 11.6 Å². The van der Waals surface area contributed by atoms with Crippen molar-refractivity contribution >= 4 is 32.5 Å². The second-order valence-corrected chi connectivity index (χ2v) is 8.86. The highest BCUT2D eigenvalue weighted by molar-refractivity contribution is 7.89. The number of aromatic nitrogens is 1. The lowest BCUT2D eigenvalue weighted by molar-refractivity contribution is 0.377. The van der Waals surface area contributed by atoms with E-state index in [1.807, 2.05) is 31.2 Å². The Kier molecular flexibility index (Phi) is 4.22. The van der Waals surface area contributed by atoms with Crippen LogP contribution in [0, 0.1) is 6.92 Å². The second kappa shape index (κ2) is 6.30. The lowest BCUT2D eigenvalue weighted by Crippen LogP contribution is -2.36. The molecular weight excluding hydrogens is 372 g/mol. The van der Waals surface area contributed by atoms with E-state index < -0.39 is 10.0 Å². The topological polar surface area (TPSA) is 62.4 Å². The third-order valence-corrected chi connectivity index (χ3v) is 6.94. The molecule has 0 spiro atoms. The first-order valence-corrected chi connectivity index (χ1v) is 10.2. The summed E-state index contributed by atoms with van der Waals surface area (Å²) in [7, 11) is -2.18. The van der Waals surface area contributed by atoms with E-state index >= 15 is 0 Å². The van der Waals surface area contributed by atoms with Gasteiger partial charge < -0.3 is 9.72 Å². The van der Waals surface area contributed by atoms with Gasteiger partial charge in [-0.2, -0.15) is 4.31 Å². The van der Waals surface area contributed by atoms with Gasteiger partial charge in [0.15, 0.2) is 0 Å². The number of rotatable bonds is 3. The number of nitrogens with one attached hydrogen (secondary N) is 1. The van der Waals surface area contributed by atoms with Crippen LogP contribution in [0.1, 0.15) is 16.8 Å². The number of H-pyrrole nitrogens is 1. The standard InChI is InChI=1S/C19H19ClN2O3S/c1-12-3-6-18(25-2)19(9-12)26(23,24)22-8-7-17-15(11-22)14-10-13(20)4-5-16(14)21-17/h3-6,9-10,21H,7-8,11H2,1-2H3. The van der Waals surface area contributed by atoms with Gasteiger partial charge in [-0.25, -0.2) is 8.42 Å². The monoisotopic (exact) mass is 390 g/mol. The lowest BCUT2D eigenvalue weighted by atomic mass is 10.1. The van der Waals surface area contributed by atoms with Crippen molar-refractivity contribution < 1.29 is 13.2 Å². The van der Waals surface area contributed by atoms with Gasteiger partial charge in [-0.3, -0.25) is 0 Å². The van der Waals surface area contributed by atoms with E-state index in [-0.39, 0.29) is 4.90 Å². The molecule has 1 N–H and O–H groups in total. The number of hydrogen-bond donors (Lipinski definition) is 1. The van der Waals surface area contributed by atoms with Gasteiger partial charge in [-0.1, -0.05) is 17.7 Å². The summed E-state index contributed by atoms with van der Waals surface area (Å²) in [5.41, 5.74) is 3.92. The Hall–Kier alpha value is -2.02. The number of sulfonamides is 1. The molecule has 0 unspecified atom stereocenters. The lowest BCUT2D eigenvalue weighted by Gasteiger charge is -2.27. The quantitative estimate of drug-likeness (QED) is 0.738. The molecule has 0 atom stereocenters. The number of benzene rings is 2. The van der Waals surface area contributed by atoms with Crippen LogP contribution in [0.3, 0.4) is 0 Å². The summed E-state index contributed by atoms with van der Waals surface area (Å²) in [4.78, 5) is 3.59. The van der Waals surface area contributed by atoms with Gasteiger partial charge >= 0.3 is 0 Å². The zero-order valence-corrected chi connectivity index (χ0v) is 16.1. The van der Waals surface area contributed by atoms with Crippen LogP contribution in [-0.4, -0.2) is 31.4 Å². The van der Waals surface area contributed by atoms with E-state index in [1.165, 1.54) is 11.4 Å². The van der Waals surface area contributed by atoms with E-state index in [0.29, 0.717) is 30.3 Å². The first-order valence-electron chi connectivity index (χ1n) is 8.34. The van der Waals surface area contributed by atoms with Crippen molar-refractivity contribution in [1.82, 2.24) is 9.29 Å². The van der Waals surface area contributed by atoms with Crippen LogP contribution in [0.5, 0.6) is 5.75 Å². The Bertz CT molecular complexity index is 1110. The molecule has 1 aliphatic heterocycles. The molecule has 0 saturated heterocycles. The summed E-state index contributed by atoms with van der Waals surface area (Å²) in [6, 6.07) is 10.8. The molecule has 1 aliphatic rings. The van der Waals surface area contributed by atoms with Gasteiger partial charge in [0.25, 0.3) is 0 Å². The molecule has 0 bridgehead atoms. The number of fused-ring (bicyclic) bond motifs is 3. The van der Waals surface area contributed by atoms with Crippen molar-refractivity contribution in [3.63, 3.8) is 0 Å². The van der Waals surface area contributed by atoms with E-state index in [9.17, 15) is 8.42 Å². The minimum atomic E-state index is -3.67. The summed E-state index contributed by atoms with van der Waals surface area (Å²) in [5.74, 6) is 0.364. The molecule has 5 nitrogen and oxygen atoms in total. The van der Waals surface area contributed by atoms with Crippen LogP contribution in [-0.2, 0) is 23.0 Å². The normalized spacial score (nSPS) is 15.2. The van der Waals surface area contributed by atoms with Crippen molar-refractivity contribution in [2.24, 2.45) is 0 Å². The van der Waals surface area contributed by atoms with Crippen LogP contribution in [0.15, 0.2) is 41.3 Å². The van der Waals surface area contributed by atoms with E-state index in [0.717, 1.165) is 27.7 Å². The summed E-state index contributed by atoms with van der Waals surface area (Å²) >= 11 is 6.13. The van der Waals surface area contributed by atoms with Crippen LogP contribution in [0.25, 0.3) is 10.9 Å². The highest BCUT2D eigenvalue weighted by Gasteiger charge is 2.32. The molecule has 0 radical (unpaired) electrons. The molecule has 7 heteroatoms. The second-order valence-electron chi connectivity index (χ2n) is 6.51. The number of aromatic amines is 1. The van der Waals surface area contributed by atoms with Crippen molar-refractivity contribution in [3.8, 4) is 5.75 Å². The number of hydrogen-bond acceptors (Lipinski definition) is 3. The minimum Gasteiger partial charge on any atom is -0.495 e. The Balaban J connectivity index is 1.78. The van der Waals surface area contributed by atoms with E-state index in [2.05, 4.69) is 4.98 Å². The Labute approximate surface area is 157 Å². The van der Waals surface area contributed by atoms with E-state index in [1.54, 1.807) is 12.1 Å². The number of ether oxygens (including phenoxy) is 1. The summed E-state index contributed by atoms with van der Waals surface area (Å²) in [6.07, 6.45) is 0.634. The first-order chi connectivity index (χ1) is 12.4. The third-order valence-electron chi connectivity index (χ3n) is 4.84. The maximum Gasteiger partial charge on any atom is 0.247 e. The van der Waals surface area contributed by atoms with Crippen LogP contribution in [0.4, 0.5) is 0 Å². The summed E-state index contributed by atoms with van der Waals surface area (Å²) < 4.78 is 33.3. The van der Waals surface area contributed by atoms with Crippen LogP contribution < -0.4 is 4.74 Å². The van der Waals surface area contributed by atoms with Crippen molar-refractivity contribution in [2.75, 3.05) is 13.7 Å². The fraction of sp³-hybridized carbons (Fsp3) is 0.263. The largest absolute Gasteiger partial charge is 0.495 e. The fourth-order valence-corrected chi connectivity index (χ4v) is 5.31. The molecule has 2 heterocycles. The van der Waals surface area contributed by atoms with Gasteiger partial charge in [0, 0.05) is 41.1 Å². The minimum absolute atomic E-state index is 0.210. The predicted molar refractivity (Wildman–Crippen MR) is 102 cm³/mol. The van der Waals surface area contributed by atoms with Gasteiger partial charge in [-0.05, 0) is 48.4 Å². The predicted octanol–water partition coefficient (Wildman–Crippen LogP) is 3.89. The molecular formula is C19H19ClN2O3S. The molecule has 0 saturated carbocycles. The zero-order valence-electron chi connectivity index (χ0n) is 14.5. The van der Waals surface area contributed by atoms with Crippen LogP contribution in [0.2, 0.25) is 5.02 Å². The Morgan fingerprint density at radius 1 is 1.19 bits per heavy atom. The molecule has 136 valence electrons. The Morgan fingerprint density at radius 3 is 2.77 bits per heavy atom. The fourth-order valence-electron chi connectivity index (χ4n) is 3.49. The molecule has 2 aromatic carbocycles. The summed E-state index contributed by atoms with van der Waals surface area (Å²) in [6.45, 7) is 2.61. The van der Waals surface area contributed by atoms with Gasteiger partial charge in [0.2, 0.25) is 10.0 Å². The number of halogens is 1. The zero-order chi connectivity index (χ0) is 18.5. The molecule has 26 heavy (non-hydrogen) atoms. The van der Waals surface area contributed by atoms with Crippen molar-refractivity contribution in [3.05, 3.63) is 58.2 Å². The highest BCUT2D eigenvalue weighted by Crippen LogP contribution is 2.34. The molecule has 0 aliphatic carbocycles. The Morgan fingerprint density at radius 2 is 2.00 bits per heavy atom. The van der Waals surface area contributed by atoms with Crippen molar-refractivity contribution in [2.45, 2.75) is 24.8 Å². The maximum atomic E-state index is 13.3. The molecule has 1 aromatic heterocycles. The number of nitrogens with zero attached hydrogens (tertiary/aromatic N) is 1. The molecule has 3 aromatic rings. The molecule has 0 amide bonds. The van der Waals surface area contributed by atoms with Crippen molar-refractivity contribution in [1.29, 1.82) is 0 Å². The number of aryl methyl sites for hydroxylation is 1. The SMILES string of the molecule is COc1ccc(C)cc1S(=O)(=O)N1CCc2[nH]c3ccc(Cl)cc3c2C1. The average Bonchev–Trinajstić information content (AvgIpc) is 2.98. The average molecular weight is 391 g/mol. The van der Waals surface area contributed by atoms with E-state index in [4.69, 9.17) is 16.3 Å². The third kappa shape index (κ3) is 2.78. The van der Waals surface area contributed by atoms with Gasteiger partial charge in [-0.15, -0.1) is 0 Å². The smallest absolute Gasteiger partial charge is 0.247 e. The molecule has 4 rings (SSSR count). The van der Waals surface area contributed by atoms with Gasteiger partial charge in [0.05, 0.1) is 7.11 Å². The van der Waals surface area contributed by atoms with Gasteiger partial charge in [0.1, 0.15) is 10.6 Å².